The van der Waals surface area contributed by atoms with Gasteiger partial charge in [0.25, 0.3) is 0 Å². The number of aliphatic hydroxyl groups excluding tert-OH is 1. The zero-order valence-electron chi connectivity index (χ0n) is 13.1. The Bertz CT molecular complexity index is 480. The van der Waals surface area contributed by atoms with E-state index in [1.54, 1.807) is 26.1 Å². The molecule has 6 heteroatoms. The molecule has 0 bridgehead atoms. The highest BCUT2D eigenvalue weighted by Gasteiger charge is 2.14. The maximum Gasteiger partial charge on any atom is 0.317 e. The molecule has 2 amide bonds. The maximum absolute atomic E-state index is 13.7. The summed E-state index contributed by atoms with van der Waals surface area (Å²) in [4.78, 5) is 15.2. The molecule has 0 saturated heterocycles. The Labute approximate surface area is 125 Å². The van der Waals surface area contributed by atoms with Gasteiger partial charge in [0, 0.05) is 25.7 Å². The van der Waals surface area contributed by atoms with Gasteiger partial charge in [0.2, 0.25) is 0 Å². The summed E-state index contributed by atoms with van der Waals surface area (Å²) >= 11 is 0. The van der Waals surface area contributed by atoms with Gasteiger partial charge in [-0.05, 0) is 38.7 Å². The Hall–Kier alpha value is -1.66. The van der Waals surface area contributed by atoms with E-state index in [4.69, 9.17) is 5.11 Å². The summed E-state index contributed by atoms with van der Waals surface area (Å²) in [6.07, 6.45) is 0. The van der Waals surface area contributed by atoms with Crippen LogP contribution >= 0.6 is 0 Å². The highest BCUT2D eigenvalue weighted by Crippen LogP contribution is 2.12. The standard InChI is InChI=1S/C15H24FN3O2/c1-11(10-20)19(4)15(21)17-8-12-5-6-14(16)13(7-12)9-18(2)3/h5-7,11,20H,8-10H2,1-4H3,(H,17,21). The Morgan fingerprint density at radius 1 is 1.38 bits per heavy atom. The van der Waals surface area contributed by atoms with Crippen LogP contribution in [0.3, 0.4) is 0 Å². The van der Waals surface area contributed by atoms with Gasteiger partial charge in [0.15, 0.2) is 0 Å². The van der Waals surface area contributed by atoms with Crippen LogP contribution in [0.2, 0.25) is 0 Å². The van der Waals surface area contributed by atoms with Crippen LogP contribution in [0.1, 0.15) is 18.1 Å². The molecule has 0 spiro atoms. The predicted molar refractivity (Wildman–Crippen MR) is 80.3 cm³/mol. The van der Waals surface area contributed by atoms with Crippen LogP contribution in [0, 0.1) is 5.82 Å². The Balaban J connectivity index is 2.65. The van der Waals surface area contributed by atoms with E-state index in [2.05, 4.69) is 5.32 Å². The molecule has 0 aliphatic rings. The SMILES string of the molecule is CC(CO)N(C)C(=O)NCc1ccc(F)c(CN(C)C)c1. The monoisotopic (exact) mass is 297 g/mol. The number of hydrogen-bond acceptors (Lipinski definition) is 3. The number of rotatable bonds is 6. The first-order valence-corrected chi connectivity index (χ1v) is 6.88. The fourth-order valence-electron chi connectivity index (χ4n) is 1.82. The molecule has 1 atom stereocenters. The van der Waals surface area contributed by atoms with Crippen molar-refractivity contribution in [3.8, 4) is 0 Å². The second-order valence-electron chi connectivity index (χ2n) is 5.46. The number of carbonyl (C=O) groups excluding carboxylic acids is 1. The molecule has 0 aromatic heterocycles. The minimum atomic E-state index is -0.268. The number of nitrogens with one attached hydrogen (secondary N) is 1. The van der Waals surface area contributed by atoms with Crippen LogP contribution in [-0.4, -0.2) is 54.7 Å². The zero-order chi connectivity index (χ0) is 16.0. The van der Waals surface area contributed by atoms with Gasteiger partial charge in [-0.3, -0.25) is 0 Å². The van der Waals surface area contributed by atoms with Crippen LogP contribution in [0.25, 0.3) is 0 Å². The van der Waals surface area contributed by atoms with Crippen molar-refractivity contribution in [3.05, 3.63) is 35.1 Å². The Kier molecular flexibility index (Phi) is 6.58. The van der Waals surface area contributed by atoms with E-state index in [0.29, 0.717) is 18.7 Å². The Morgan fingerprint density at radius 3 is 2.62 bits per heavy atom. The third-order valence-electron chi connectivity index (χ3n) is 3.29. The minimum Gasteiger partial charge on any atom is -0.394 e. The molecule has 0 fully saturated rings. The largest absolute Gasteiger partial charge is 0.394 e. The number of nitrogens with zero attached hydrogens (tertiary/aromatic N) is 2. The number of benzene rings is 1. The second-order valence-corrected chi connectivity index (χ2v) is 5.46. The van der Waals surface area contributed by atoms with E-state index in [9.17, 15) is 9.18 Å². The van der Waals surface area contributed by atoms with E-state index >= 15 is 0 Å². The molecule has 1 rings (SSSR count). The van der Waals surface area contributed by atoms with Crippen LogP contribution < -0.4 is 5.32 Å². The summed E-state index contributed by atoms with van der Waals surface area (Å²) in [6.45, 7) is 2.50. The molecule has 0 radical (unpaired) electrons. The fraction of sp³-hybridized carbons (Fsp3) is 0.533. The molecular weight excluding hydrogens is 273 g/mol. The molecule has 21 heavy (non-hydrogen) atoms. The third-order valence-corrected chi connectivity index (χ3v) is 3.29. The van der Waals surface area contributed by atoms with E-state index in [-0.39, 0.29) is 24.5 Å². The van der Waals surface area contributed by atoms with E-state index in [1.807, 2.05) is 19.0 Å². The number of halogens is 1. The molecule has 5 nitrogen and oxygen atoms in total. The van der Waals surface area contributed by atoms with Crippen molar-refractivity contribution in [1.82, 2.24) is 15.1 Å². The second kappa shape index (κ2) is 7.95. The predicted octanol–water partition coefficient (Wildman–Crippen LogP) is 1.41. The van der Waals surface area contributed by atoms with Crippen LogP contribution in [0.5, 0.6) is 0 Å². The number of urea groups is 1. The fourth-order valence-corrected chi connectivity index (χ4v) is 1.82. The lowest BCUT2D eigenvalue weighted by Crippen LogP contribution is -2.43. The molecule has 1 unspecified atom stereocenters. The van der Waals surface area contributed by atoms with E-state index in [0.717, 1.165) is 5.56 Å². The number of likely N-dealkylation sites (N-methyl/N-ethyl adjacent to an activating group) is 1. The first-order chi connectivity index (χ1) is 9.85. The van der Waals surface area contributed by atoms with Gasteiger partial charge in [-0.25, -0.2) is 9.18 Å². The minimum absolute atomic E-state index is 0.0898. The van der Waals surface area contributed by atoms with Crippen LogP contribution in [0.4, 0.5) is 9.18 Å². The highest BCUT2D eigenvalue weighted by atomic mass is 19.1. The normalized spacial score (nSPS) is 12.3. The molecule has 0 aliphatic heterocycles. The van der Waals surface area contributed by atoms with Gasteiger partial charge < -0.3 is 20.2 Å². The Morgan fingerprint density at radius 2 is 2.05 bits per heavy atom. The first-order valence-electron chi connectivity index (χ1n) is 6.88. The smallest absolute Gasteiger partial charge is 0.317 e. The summed E-state index contributed by atoms with van der Waals surface area (Å²) in [6, 6.07) is 4.31. The molecular formula is C15H24FN3O2. The van der Waals surface area contributed by atoms with Gasteiger partial charge in [-0.15, -0.1) is 0 Å². The lowest BCUT2D eigenvalue weighted by atomic mass is 10.1. The number of amides is 2. The number of carbonyl (C=O) groups is 1. The zero-order valence-corrected chi connectivity index (χ0v) is 13.1. The molecule has 0 aliphatic carbocycles. The van der Waals surface area contributed by atoms with Crippen molar-refractivity contribution in [1.29, 1.82) is 0 Å². The van der Waals surface area contributed by atoms with Crippen LogP contribution in [-0.2, 0) is 13.1 Å². The van der Waals surface area contributed by atoms with Gasteiger partial charge in [0.1, 0.15) is 5.82 Å². The van der Waals surface area contributed by atoms with Gasteiger partial charge in [0.05, 0.1) is 12.6 Å². The molecule has 0 heterocycles. The first kappa shape index (κ1) is 17.4. The van der Waals surface area contributed by atoms with Crippen molar-refractivity contribution in [2.45, 2.75) is 26.1 Å². The van der Waals surface area contributed by atoms with Crippen molar-refractivity contribution < 1.29 is 14.3 Å². The topological polar surface area (TPSA) is 55.8 Å². The van der Waals surface area contributed by atoms with Crippen LogP contribution in [0.15, 0.2) is 18.2 Å². The quantitative estimate of drug-likeness (QED) is 0.835. The lowest BCUT2D eigenvalue weighted by molar-refractivity contribution is 0.157. The van der Waals surface area contributed by atoms with Crippen molar-refractivity contribution in [3.63, 3.8) is 0 Å². The molecule has 2 N–H and O–H groups in total. The summed E-state index contributed by atoms with van der Waals surface area (Å²) in [5.74, 6) is -0.246. The molecule has 1 aromatic carbocycles. The van der Waals surface area contributed by atoms with Gasteiger partial charge in [-0.1, -0.05) is 6.07 Å². The van der Waals surface area contributed by atoms with Crippen molar-refractivity contribution in [2.24, 2.45) is 0 Å². The summed E-state index contributed by atoms with van der Waals surface area (Å²) in [5.41, 5.74) is 1.44. The summed E-state index contributed by atoms with van der Waals surface area (Å²) in [5, 5.41) is 11.8. The summed E-state index contributed by atoms with van der Waals surface area (Å²) in [7, 11) is 5.37. The average molecular weight is 297 g/mol. The van der Waals surface area contributed by atoms with E-state index < -0.39 is 0 Å². The average Bonchev–Trinajstić information content (AvgIpc) is 2.45. The van der Waals surface area contributed by atoms with Gasteiger partial charge >= 0.3 is 6.03 Å². The van der Waals surface area contributed by atoms with Crippen molar-refractivity contribution >= 4 is 6.03 Å². The molecule has 118 valence electrons. The van der Waals surface area contributed by atoms with E-state index in [1.165, 1.54) is 11.0 Å². The molecule has 1 aromatic rings. The maximum atomic E-state index is 13.7. The van der Waals surface area contributed by atoms with Gasteiger partial charge in [-0.2, -0.15) is 0 Å². The third kappa shape index (κ3) is 5.32. The number of hydrogen-bond donors (Lipinski definition) is 2. The molecule has 0 saturated carbocycles. The summed E-state index contributed by atoms with van der Waals surface area (Å²) < 4.78 is 13.7. The number of aliphatic hydroxyl groups is 1. The van der Waals surface area contributed by atoms with Crippen molar-refractivity contribution in [2.75, 3.05) is 27.7 Å². The lowest BCUT2D eigenvalue weighted by Gasteiger charge is -2.23. The highest BCUT2D eigenvalue weighted by molar-refractivity contribution is 5.74.